The fourth-order valence-corrected chi connectivity index (χ4v) is 3.54. The molecule has 4 aromatic rings. The van der Waals surface area contributed by atoms with Crippen molar-refractivity contribution in [1.82, 2.24) is 0 Å². The molecular formula is C21H18-2. The highest BCUT2D eigenvalue weighted by atomic mass is 14.3. The van der Waals surface area contributed by atoms with Crippen LogP contribution in [0.15, 0.2) is 72.8 Å². The van der Waals surface area contributed by atoms with Crippen LogP contribution >= 0.6 is 0 Å². The molecule has 0 aliphatic carbocycles. The lowest BCUT2D eigenvalue weighted by Crippen LogP contribution is -2.17. The predicted molar refractivity (Wildman–Crippen MR) is 91.2 cm³/mol. The standard InChI is InChI=1S/C21H18/c1-21(2,19-13-11-15-7-3-5-9-17(15)19)20-14-12-16-8-4-6-10-18(16)20/h3-14H,1-2H3/q-2. The molecule has 0 unspecified atom stereocenters. The summed E-state index contributed by atoms with van der Waals surface area (Å²) in [6.07, 6.45) is 0. The van der Waals surface area contributed by atoms with Crippen LogP contribution in [-0.2, 0) is 5.41 Å². The average molecular weight is 270 g/mol. The third kappa shape index (κ3) is 1.76. The summed E-state index contributed by atoms with van der Waals surface area (Å²) >= 11 is 0. The summed E-state index contributed by atoms with van der Waals surface area (Å²) < 4.78 is 0. The molecule has 0 atom stereocenters. The highest BCUT2D eigenvalue weighted by molar-refractivity contribution is 5.93. The van der Waals surface area contributed by atoms with E-state index in [1.807, 2.05) is 0 Å². The smallest absolute Gasteiger partial charge is 0.0523 e. The predicted octanol–water partition coefficient (Wildman–Crippen LogP) is 5.76. The van der Waals surface area contributed by atoms with Gasteiger partial charge in [0.2, 0.25) is 0 Å². The maximum absolute atomic E-state index is 2.33. The Kier molecular flexibility index (Phi) is 2.56. The SMILES string of the molecule is CC(C)(c1cc[c-]2ccccc12)c1cc[c-]2ccccc12. The van der Waals surface area contributed by atoms with Crippen LogP contribution < -0.4 is 0 Å². The van der Waals surface area contributed by atoms with E-state index in [0.717, 1.165) is 0 Å². The molecule has 0 aliphatic heterocycles. The molecule has 0 amide bonds. The number of rotatable bonds is 2. The maximum atomic E-state index is 2.33. The minimum atomic E-state index is 0.00616. The lowest BCUT2D eigenvalue weighted by atomic mass is 9.78. The summed E-state index contributed by atoms with van der Waals surface area (Å²) in [7, 11) is 0. The fraction of sp³-hybridized carbons (Fsp3) is 0.143. The Morgan fingerprint density at radius 3 is 1.57 bits per heavy atom. The zero-order valence-electron chi connectivity index (χ0n) is 12.4. The van der Waals surface area contributed by atoms with Gasteiger partial charge in [0.1, 0.15) is 0 Å². The Morgan fingerprint density at radius 1 is 0.619 bits per heavy atom. The third-order valence-corrected chi connectivity index (χ3v) is 4.71. The van der Waals surface area contributed by atoms with Crippen molar-refractivity contribution in [3.05, 3.63) is 83.9 Å². The summed E-state index contributed by atoms with van der Waals surface area (Å²) in [6.45, 7) is 4.66. The maximum Gasteiger partial charge on any atom is -0.0523 e. The molecule has 104 valence electrons. The molecule has 0 fully saturated rings. The fourth-order valence-electron chi connectivity index (χ4n) is 3.54. The van der Waals surface area contributed by atoms with Gasteiger partial charge in [-0.25, -0.2) is 0 Å². The second kappa shape index (κ2) is 4.33. The second-order valence-corrected chi connectivity index (χ2v) is 6.29. The number of fused-ring (bicyclic) bond motifs is 2. The van der Waals surface area contributed by atoms with E-state index in [4.69, 9.17) is 0 Å². The molecule has 0 aromatic heterocycles. The first-order valence-electron chi connectivity index (χ1n) is 7.48. The van der Waals surface area contributed by atoms with Gasteiger partial charge < -0.3 is 0 Å². The van der Waals surface area contributed by atoms with Crippen molar-refractivity contribution < 1.29 is 0 Å². The first kappa shape index (κ1) is 12.4. The van der Waals surface area contributed by atoms with Gasteiger partial charge in [0.05, 0.1) is 0 Å². The van der Waals surface area contributed by atoms with E-state index in [0.29, 0.717) is 0 Å². The summed E-state index contributed by atoms with van der Waals surface area (Å²) in [6, 6.07) is 26.4. The molecular weight excluding hydrogens is 252 g/mol. The van der Waals surface area contributed by atoms with Gasteiger partial charge in [-0.15, -0.1) is 94.7 Å². The van der Waals surface area contributed by atoms with Crippen molar-refractivity contribution in [2.24, 2.45) is 0 Å². The van der Waals surface area contributed by atoms with E-state index in [1.165, 1.54) is 32.7 Å². The van der Waals surface area contributed by atoms with Crippen LogP contribution in [0.4, 0.5) is 0 Å². The average Bonchev–Trinajstić information content (AvgIpc) is 3.12. The van der Waals surface area contributed by atoms with E-state index in [2.05, 4.69) is 86.6 Å². The third-order valence-electron chi connectivity index (χ3n) is 4.71. The molecule has 0 spiro atoms. The molecule has 21 heavy (non-hydrogen) atoms. The molecule has 4 aromatic carbocycles. The molecule has 0 bridgehead atoms. The molecule has 0 aliphatic rings. The zero-order valence-corrected chi connectivity index (χ0v) is 12.4. The van der Waals surface area contributed by atoms with Crippen LogP contribution in [0.25, 0.3) is 21.5 Å². The monoisotopic (exact) mass is 270 g/mol. The number of benzene rings is 2. The van der Waals surface area contributed by atoms with Gasteiger partial charge in [-0.3, -0.25) is 0 Å². The van der Waals surface area contributed by atoms with Crippen LogP contribution in [0.5, 0.6) is 0 Å². The Balaban J connectivity index is 1.97. The normalized spacial score (nSPS) is 12.3. The van der Waals surface area contributed by atoms with Gasteiger partial charge in [-0.1, -0.05) is 30.0 Å². The first-order valence-corrected chi connectivity index (χ1v) is 7.48. The number of hydrogen-bond donors (Lipinski definition) is 0. The lowest BCUT2D eigenvalue weighted by Gasteiger charge is -2.33. The van der Waals surface area contributed by atoms with Gasteiger partial charge in [-0.2, -0.15) is 0 Å². The summed E-state index contributed by atoms with van der Waals surface area (Å²) in [4.78, 5) is 0. The van der Waals surface area contributed by atoms with E-state index in [-0.39, 0.29) is 5.41 Å². The molecule has 0 saturated carbocycles. The van der Waals surface area contributed by atoms with Crippen LogP contribution in [0.3, 0.4) is 0 Å². The summed E-state index contributed by atoms with van der Waals surface area (Å²) in [5.41, 5.74) is 2.83. The van der Waals surface area contributed by atoms with Crippen molar-refractivity contribution in [2.45, 2.75) is 19.3 Å². The quantitative estimate of drug-likeness (QED) is 0.406. The van der Waals surface area contributed by atoms with Crippen molar-refractivity contribution in [2.75, 3.05) is 0 Å². The van der Waals surface area contributed by atoms with Crippen molar-refractivity contribution in [1.29, 1.82) is 0 Å². The Morgan fingerprint density at radius 2 is 1.10 bits per heavy atom. The van der Waals surface area contributed by atoms with Crippen LogP contribution in [0, 0.1) is 0 Å². The zero-order chi connectivity index (χ0) is 14.4. The molecule has 0 N–H and O–H groups in total. The first-order chi connectivity index (χ1) is 10.2. The van der Waals surface area contributed by atoms with E-state index in [1.54, 1.807) is 0 Å². The van der Waals surface area contributed by atoms with Crippen LogP contribution in [0.2, 0.25) is 0 Å². The number of hydrogen-bond acceptors (Lipinski definition) is 0. The molecule has 0 heteroatoms. The Hall–Kier alpha value is -2.34. The molecule has 4 rings (SSSR count). The van der Waals surface area contributed by atoms with Crippen LogP contribution in [-0.4, -0.2) is 0 Å². The minimum absolute atomic E-state index is 0.00616. The Labute approximate surface area is 125 Å². The van der Waals surface area contributed by atoms with Crippen molar-refractivity contribution in [3.63, 3.8) is 0 Å². The van der Waals surface area contributed by atoms with Gasteiger partial charge in [-0.05, 0) is 0 Å². The summed E-state index contributed by atoms with van der Waals surface area (Å²) in [5, 5.41) is 5.40. The highest BCUT2D eigenvalue weighted by Crippen LogP contribution is 2.40. The van der Waals surface area contributed by atoms with Gasteiger partial charge in [0.15, 0.2) is 0 Å². The van der Waals surface area contributed by atoms with Crippen molar-refractivity contribution >= 4 is 21.5 Å². The van der Waals surface area contributed by atoms with Gasteiger partial charge in [0.25, 0.3) is 0 Å². The van der Waals surface area contributed by atoms with E-state index in [9.17, 15) is 0 Å². The molecule has 0 radical (unpaired) electrons. The molecule has 0 heterocycles. The largest absolute Gasteiger partial charge is 0.148 e. The van der Waals surface area contributed by atoms with Crippen molar-refractivity contribution in [3.8, 4) is 0 Å². The lowest BCUT2D eigenvalue weighted by molar-refractivity contribution is 0.656. The van der Waals surface area contributed by atoms with E-state index >= 15 is 0 Å². The van der Waals surface area contributed by atoms with E-state index < -0.39 is 0 Å². The molecule has 0 nitrogen and oxygen atoms in total. The minimum Gasteiger partial charge on any atom is -0.148 e. The second-order valence-electron chi connectivity index (χ2n) is 6.29. The Bertz CT molecular complexity index is 839. The molecule has 0 saturated heterocycles. The van der Waals surface area contributed by atoms with Gasteiger partial charge >= 0.3 is 0 Å². The highest BCUT2D eigenvalue weighted by Gasteiger charge is 2.19. The van der Waals surface area contributed by atoms with Crippen LogP contribution in [0.1, 0.15) is 25.0 Å². The van der Waals surface area contributed by atoms with Gasteiger partial charge in [0, 0.05) is 0 Å². The summed E-state index contributed by atoms with van der Waals surface area (Å²) in [5.74, 6) is 0. The topological polar surface area (TPSA) is 0 Å².